The van der Waals surface area contributed by atoms with Gasteiger partial charge in [0, 0.05) is 35.9 Å². The molecule has 284 valence electrons. The van der Waals surface area contributed by atoms with Crippen LogP contribution in [0.1, 0.15) is 36.5 Å². The molecule has 0 saturated heterocycles. The minimum atomic E-state index is -1.12. The number of amides is 1. The van der Waals surface area contributed by atoms with Crippen LogP contribution < -0.4 is 24.8 Å². The number of aliphatic hydroxyl groups excluding tert-OH is 1. The predicted molar refractivity (Wildman–Crippen MR) is 212 cm³/mol. The highest BCUT2D eigenvalue weighted by atomic mass is 16.6. The summed E-state index contributed by atoms with van der Waals surface area (Å²) in [6, 6.07) is 34.4. The van der Waals surface area contributed by atoms with Crippen LogP contribution in [-0.4, -0.2) is 67.5 Å². The van der Waals surface area contributed by atoms with Crippen LogP contribution in [-0.2, 0) is 15.1 Å². The number of benzene rings is 5. The molecular formula is C43H44N4O8. The number of anilines is 1. The molecule has 3 N–H and O–H groups in total. The van der Waals surface area contributed by atoms with E-state index >= 15 is 0 Å². The largest absolute Gasteiger partial charge is 0.497 e. The lowest BCUT2D eigenvalue weighted by Crippen LogP contribution is -2.47. The number of carbonyl (C=O) groups excluding carboxylic acids is 1. The molecule has 0 aliphatic rings. The number of hydrogen-bond acceptors (Lipinski definition) is 10. The molecule has 2 atom stereocenters. The Morgan fingerprint density at radius 3 is 1.96 bits per heavy atom. The number of non-ortho nitro benzene ring substituents is 1. The fourth-order valence-corrected chi connectivity index (χ4v) is 6.67. The number of nitro groups is 1. The third kappa shape index (κ3) is 8.45. The number of methoxy groups -OCH3 is 3. The van der Waals surface area contributed by atoms with Gasteiger partial charge in [-0.15, -0.1) is 0 Å². The first kappa shape index (κ1) is 38.5. The van der Waals surface area contributed by atoms with Gasteiger partial charge >= 0.3 is 0 Å². The molecule has 0 unspecified atom stereocenters. The topological polar surface area (TPSA) is 154 Å². The van der Waals surface area contributed by atoms with Crippen molar-refractivity contribution < 1.29 is 33.8 Å². The van der Waals surface area contributed by atoms with E-state index in [0.29, 0.717) is 46.6 Å². The summed E-state index contributed by atoms with van der Waals surface area (Å²) in [7, 11) is 4.80. The van der Waals surface area contributed by atoms with Crippen LogP contribution in [0.15, 0.2) is 115 Å². The Hall–Kier alpha value is -6.24. The first-order chi connectivity index (χ1) is 26.7. The number of aromatic nitrogens is 1. The van der Waals surface area contributed by atoms with Gasteiger partial charge in [0.15, 0.2) is 0 Å². The first-order valence-electron chi connectivity index (χ1n) is 17.9. The number of ether oxygens (including phenoxy) is 4. The van der Waals surface area contributed by atoms with Gasteiger partial charge in [-0.05, 0) is 78.6 Å². The summed E-state index contributed by atoms with van der Waals surface area (Å²) in [5, 5.41) is 30.3. The van der Waals surface area contributed by atoms with Gasteiger partial charge in [0.2, 0.25) is 5.91 Å². The Labute approximate surface area is 319 Å². The Balaban J connectivity index is 1.20. The Morgan fingerprint density at radius 1 is 0.782 bits per heavy atom. The maximum atomic E-state index is 13.4. The molecule has 0 saturated carbocycles. The van der Waals surface area contributed by atoms with E-state index < -0.39 is 22.7 Å². The lowest BCUT2D eigenvalue weighted by molar-refractivity contribution is -0.384. The summed E-state index contributed by atoms with van der Waals surface area (Å²) in [5.41, 5.74) is 3.19. The zero-order valence-electron chi connectivity index (χ0n) is 31.2. The molecule has 1 aromatic heterocycles. The molecule has 5 aromatic carbocycles. The Bertz CT molecular complexity index is 2200. The number of nitro benzene ring substituents is 1. The summed E-state index contributed by atoms with van der Waals surface area (Å²) >= 11 is 0. The summed E-state index contributed by atoms with van der Waals surface area (Å²) in [5.74, 6) is 1.77. The van der Waals surface area contributed by atoms with Crippen molar-refractivity contribution >= 4 is 39.1 Å². The molecule has 55 heavy (non-hydrogen) atoms. The average Bonchev–Trinajstić information content (AvgIpc) is 3.22. The zero-order valence-corrected chi connectivity index (χ0v) is 31.2. The average molecular weight is 745 g/mol. The number of rotatable bonds is 17. The smallest absolute Gasteiger partial charge is 0.271 e. The van der Waals surface area contributed by atoms with E-state index in [4.69, 9.17) is 18.9 Å². The van der Waals surface area contributed by atoms with Crippen LogP contribution >= 0.6 is 0 Å². The van der Waals surface area contributed by atoms with Gasteiger partial charge in [-0.1, -0.05) is 54.6 Å². The lowest BCUT2D eigenvalue weighted by atomic mass is 9.80. The van der Waals surface area contributed by atoms with Crippen LogP contribution in [0.5, 0.6) is 17.2 Å². The highest BCUT2D eigenvalue weighted by molar-refractivity contribution is 6.08. The summed E-state index contributed by atoms with van der Waals surface area (Å²) < 4.78 is 23.3. The first-order valence-corrected chi connectivity index (χ1v) is 17.9. The summed E-state index contributed by atoms with van der Waals surface area (Å²) in [6.45, 7) is 2.02. The summed E-state index contributed by atoms with van der Waals surface area (Å²) in [6.07, 6.45) is -0.323. The van der Waals surface area contributed by atoms with Gasteiger partial charge in [0.1, 0.15) is 22.8 Å². The number of nitrogens with zero attached hydrogens (tertiary/aromatic N) is 2. The van der Waals surface area contributed by atoms with Crippen molar-refractivity contribution in [3.8, 4) is 17.2 Å². The maximum Gasteiger partial charge on any atom is 0.271 e. The van der Waals surface area contributed by atoms with Crippen molar-refractivity contribution in [3.05, 3.63) is 142 Å². The van der Waals surface area contributed by atoms with Gasteiger partial charge in [0.25, 0.3) is 5.69 Å². The molecule has 1 heterocycles. The number of carbonyl (C=O) groups is 1. The molecule has 6 rings (SSSR count). The maximum absolute atomic E-state index is 13.4. The SMILES string of the molecule is COc1ccc(C(OC[C@@H](NC(=O)CCCNc2c3ccc([N+](=O)[O-])cc3nc3ccc(OC)cc23)[C@@H](C)O)(c2ccccc2)c2ccc(OC)cc2)cc1. The molecule has 12 heteroatoms. The van der Waals surface area contributed by atoms with Crippen molar-refractivity contribution in [3.63, 3.8) is 0 Å². The molecule has 0 aliphatic carbocycles. The standard InChI is InChI=1S/C43H44N4O8/c1-28(48)40(27-55-43(29-9-6-5-7-10-29,30-12-17-33(52-2)18-13-30)31-14-19-34(53-3)20-15-31)46-41(49)11-8-24-44-42-36-22-16-32(47(50)51)25-39(36)45-38-23-21-35(54-4)26-37(38)42/h5-7,9-10,12-23,25-26,28,40,48H,8,11,24,27H2,1-4H3,(H,44,45)(H,46,49)/t28-,40-/m1/s1. The molecule has 6 aromatic rings. The number of aliphatic hydroxyl groups is 1. The lowest BCUT2D eigenvalue weighted by Gasteiger charge is -2.37. The number of pyridine rings is 1. The van der Waals surface area contributed by atoms with Crippen LogP contribution in [0.25, 0.3) is 21.8 Å². The molecule has 0 fully saturated rings. The number of fused-ring (bicyclic) bond motifs is 2. The molecule has 0 aliphatic heterocycles. The van der Waals surface area contributed by atoms with Crippen molar-refractivity contribution in [2.75, 3.05) is 39.8 Å². The van der Waals surface area contributed by atoms with Crippen molar-refractivity contribution in [2.24, 2.45) is 0 Å². The summed E-state index contributed by atoms with van der Waals surface area (Å²) in [4.78, 5) is 29.1. The van der Waals surface area contributed by atoms with Gasteiger partial charge in [-0.25, -0.2) is 4.98 Å². The van der Waals surface area contributed by atoms with Gasteiger partial charge < -0.3 is 34.7 Å². The van der Waals surface area contributed by atoms with E-state index in [-0.39, 0.29) is 24.6 Å². The molecule has 0 bridgehead atoms. The van der Waals surface area contributed by atoms with Crippen LogP contribution in [0.2, 0.25) is 0 Å². The van der Waals surface area contributed by atoms with E-state index in [1.807, 2.05) is 84.9 Å². The zero-order chi connectivity index (χ0) is 39.0. The Kier molecular flexibility index (Phi) is 12.1. The second-order valence-corrected chi connectivity index (χ2v) is 13.1. The molecular weight excluding hydrogens is 700 g/mol. The minimum absolute atomic E-state index is 0.0163. The molecule has 12 nitrogen and oxygen atoms in total. The van der Waals surface area contributed by atoms with Crippen LogP contribution in [0, 0.1) is 10.1 Å². The predicted octanol–water partition coefficient (Wildman–Crippen LogP) is 7.39. The fourth-order valence-electron chi connectivity index (χ4n) is 6.67. The van der Waals surface area contributed by atoms with E-state index in [2.05, 4.69) is 15.6 Å². The normalized spacial score (nSPS) is 12.5. The van der Waals surface area contributed by atoms with Gasteiger partial charge in [-0.3, -0.25) is 14.9 Å². The minimum Gasteiger partial charge on any atom is -0.497 e. The second-order valence-electron chi connectivity index (χ2n) is 13.1. The molecule has 0 radical (unpaired) electrons. The van der Waals surface area contributed by atoms with Crippen molar-refractivity contribution in [2.45, 2.75) is 37.5 Å². The van der Waals surface area contributed by atoms with Gasteiger partial charge in [-0.2, -0.15) is 0 Å². The van der Waals surface area contributed by atoms with E-state index in [1.54, 1.807) is 46.5 Å². The van der Waals surface area contributed by atoms with Crippen LogP contribution in [0.4, 0.5) is 11.4 Å². The third-order valence-electron chi connectivity index (χ3n) is 9.64. The van der Waals surface area contributed by atoms with E-state index in [0.717, 1.165) is 27.8 Å². The monoisotopic (exact) mass is 744 g/mol. The third-order valence-corrected chi connectivity index (χ3v) is 9.64. The Morgan fingerprint density at radius 2 is 1.38 bits per heavy atom. The number of nitrogens with one attached hydrogen (secondary N) is 2. The fraction of sp³-hybridized carbons (Fsp3) is 0.256. The van der Waals surface area contributed by atoms with E-state index in [1.165, 1.54) is 12.1 Å². The van der Waals surface area contributed by atoms with Crippen LogP contribution in [0.3, 0.4) is 0 Å². The van der Waals surface area contributed by atoms with E-state index in [9.17, 15) is 20.0 Å². The quantitative estimate of drug-likeness (QED) is 0.0283. The second kappa shape index (κ2) is 17.3. The molecule has 0 spiro atoms. The highest BCUT2D eigenvalue weighted by Gasteiger charge is 2.39. The molecule has 1 amide bonds. The van der Waals surface area contributed by atoms with Crippen molar-refractivity contribution in [1.29, 1.82) is 0 Å². The number of hydrogen-bond donors (Lipinski definition) is 3. The van der Waals surface area contributed by atoms with Crippen molar-refractivity contribution in [1.82, 2.24) is 10.3 Å². The van der Waals surface area contributed by atoms with Gasteiger partial charge in [0.05, 0.1) is 61.7 Å². The highest BCUT2D eigenvalue weighted by Crippen LogP contribution is 2.42.